The molecule has 0 fully saturated rings. The number of methoxy groups -OCH3 is 1. The first-order chi connectivity index (χ1) is 6.69. The van der Waals surface area contributed by atoms with Crippen molar-refractivity contribution >= 4 is 15.9 Å². The summed E-state index contributed by atoms with van der Waals surface area (Å²) >= 11 is 3.33. The molecular formula is C10H13BrO3. The van der Waals surface area contributed by atoms with Crippen LogP contribution < -0.4 is 4.74 Å². The first kappa shape index (κ1) is 11.5. The van der Waals surface area contributed by atoms with Gasteiger partial charge >= 0.3 is 0 Å². The molecule has 1 aromatic carbocycles. The Balaban J connectivity index is 2.93. The van der Waals surface area contributed by atoms with Crippen LogP contribution in [0.15, 0.2) is 22.7 Å². The summed E-state index contributed by atoms with van der Waals surface area (Å²) in [5.74, 6) is 0.695. The normalized spacial score (nSPS) is 12.6. The molecule has 1 aromatic rings. The van der Waals surface area contributed by atoms with E-state index in [1.807, 2.05) is 6.07 Å². The van der Waals surface area contributed by atoms with Crippen molar-refractivity contribution in [3.05, 3.63) is 28.2 Å². The van der Waals surface area contributed by atoms with Crippen LogP contribution in [0, 0.1) is 0 Å². The molecule has 0 spiro atoms. The monoisotopic (exact) mass is 260 g/mol. The lowest BCUT2D eigenvalue weighted by Gasteiger charge is -2.12. The quantitative estimate of drug-likeness (QED) is 0.869. The molecule has 2 N–H and O–H groups in total. The second-order valence-corrected chi connectivity index (χ2v) is 3.77. The van der Waals surface area contributed by atoms with Crippen LogP contribution in [0.25, 0.3) is 0 Å². The Morgan fingerprint density at radius 1 is 1.50 bits per heavy atom. The molecular weight excluding hydrogens is 248 g/mol. The van der Waals surface area contributed by atoms with Crippen LogP contribution in [0.5, 0.6) is 5.75 Å². The minimum Gasteiger partial charge on any atom is -0.497 e. The smallest absolute Gasteiger partial charge is 0.119 e. The molecule has 0 amide bonds. The van der Waals surface area contributed by atoms with E-state index >= 15 is 0 Å². The number of hydrogen-bond acceptors (Lipinski definition) is 3. The molecule has 0 aliphatic heterocycles. The highest BCUT2D eigenvalue weighted by molar-refractivity contribution is 9.10. The van der Waals surface area contributed by atoms with E-state index in [0.29, 0.717) is 12.2 Å². The standard InChI is InChI=1S/C10H13BrO3/c1-14-7-2-3-9(11)8(6-7)10(13)4-5-12/h2-3,6,10,12-13H,4-5H2,1H3. The van der Waals surface area contributed by atoms with Gasteiger partial charge in [0.2, 0.25) is 0 Å². The first-order valence-corrected chi connectivity index (χ1v) is 5.10. The minimum absolute atomic E-state index is 0.0369. The van der Waals surface area contributed by atoms with Crippen molar-refractivity contribution in [1.29, 1.82) is 0 Å². The third-order valence-electron chi connectivity index (χ3n) is 1.96. The van der Waals surface area contributed by atoms with Gasteiger partial charge in [-0.3, -0.25) is 0 Å². The van der Waals surface area contributed by atoms with Gasteiger partial charge in [-0.05, 0) is 23.8 Å². The highest BCUT2D eigenvalue weighted by Crippen LogP contribution is 2.29. The molecule has 1 rings (SSSR count). The highest BCUT2D eigenvalue weighted by atomic mass is 79.9. The van der Waals surface area contributed by atoms with E-state index in [4.69, 9.17) is 9.84 Å². The summed E-state index contributed by atoms with van der Waals surface area (Å²) < 4.78 is 5.86. The van der Waals surface area contributed by atoms with Crippen LogP contribution in [0.3, 0.4) is 0 Å². The molecule has 0 aliphatic rings. The van der Waals surface area contributed by atoms with Crippen molar-refractivity contribution in [2.24, 2.45) is 0 Å². The summed E-state index contributed by atoms with van der Waals surface area (Å²) in [6.45, 7) is -0.0369. The summed E-state index contributed by atoms with van der Waals surface area (Å²) in [6.07, 6.45) is -0.337. The number of ether oxygens (including phenoxy) is 1. The third kappa shape index (κ3) is 2.70. The van der Waals surface area contributed by atoms with Gasteiger partial charge < -0.3 is 14.9 Å². The lowest BCUT2D eigenvalue weighted by Crippen LogP contribution is -2.01. The zero-order valence-corrected chi connectivity index (χ0v) is 9.49. The van der Waals surface area contributed by atoms with Gasteiger partial charge in [0.1, 0.15) is 5.75 Å². The molecule has 0 aliphatic carbocycles. The molecule has 3 nitrogen and oxygen atoms in total. The van der Waals surface area contributed by atoms with Gasteiger partial charge in [-0.1, -0.05) is 15.9 Å². The van der Waals surface area contributed by atoms with Gasteiger partial charge in [-0.15, -0.1) is 0 Å². The van der Waals surface area contributed by atoms with Crippen molar-refractivity contribution < 1.29 is 14.9 Å². The van der Waals surface area contributed by atoms with Crippen LogP contribution in [0.4, 0.5) is 0 Å². The number of hydrogen-bond donors (Lipinski definition) is 2. The van der Waals surface area contributed by atoms with Crippen molar-refractivity contribution in [1.82, 2.24) is 0 Å². The Hall–Kier alpha value is -0.580. The van der Waals surface area contributed by atoms with Crippen LogP contribution >= 0.6 is 15.9 Å². The molecule has 78 valence electrons. The average Bonchev–Trinajstić information content (AvgIpc) is 2.19. The maximum Gasteiger partial charge on any atom is 0.119 e. The predicted molar refractivity (Wildman–Crippen MR) is 57.4 cm³/mol. The lowest BCUT2D eigenvalue weighted by molar-refractivity contribution is 0.133. The van der Waals surface area contributed by atoms with Crippen molar-refractivity contribution in [2.45, 2.75) is 12.5 Å². The van der Waals surface area contributed by atoms with E-state index in [-0.39, 0.29) is 6.61 Å². The topological polar surface area (TPSA) is 49.7 Å². The minimum atomic E-state index is -0.663. The third-order valence-corrected chi connectivity index (χ3v) is 2.69. The maximum atomic E-state index is 9.68. The summed E-state index contributed by atoms with van der Waals surface area (Å²) in [7, 11) is 1.57. The molecule has 1 unspecified atom stereocenters. The predicted octanol–water partition coefficient (Wildman–Crippen LogP) is 1.87. The highest BCUT2D eigenvalue weighted by Gasteiger charge is 2.11. The number of benzene rings is 1. The maximum absolute atomic E-state index is 9.68. The van der Waals surface area contributed by atoms with E-state index in [9.17, 15) is 5.11 Å². The summed E-state index contributed by atoms with van der Waals surface area (Å²) in [5, 5.41) is 18.4. The van der Waals surface area contributed by atoms with Crippen LogP contribution in [-0.2, 0) is 0 Å². The van der Waals surface area contributed by atoms with Crippen LogP contribution in [0.1, 0.15) is 18.1 Å². The molecule has 0 radical (unpaired) electrons. The number of aliphatic hydroxyl groups excluding tert-OH is 2. The van der Waals surface area contributed by atoms with E-state index in [1.54, 1.807) is 19.2 Å². The van der Waals surface area contributed by atoms with Gasteiger partial charge in [0.15, 0.2) is 0 Å². The molecule has 1 atom stereocenters. The van der Waals surface area contributed by atoms with Crippen LogP contribution in [0.2, 0.25) is 0 Å². The van der Waals surface area contributed by atoms with Gasteiger partial charge in [-0.2, -0.15) is 0 Å². The Bertz CT molecular complexity index is 301. The Labute approximate surface area is 91.5 Å². The second kappa shape index (κ2) is 5.34. The van der Waals surface area contributed by atoms with Crippen molar-refractivity contribution in [3.8, 4) is 5.75 Å². The van der Waals surface area contributed by atoms with Gasteiger partial charge in [-0.25, -0.2) is 0 Å². The largest absolute Gasteiger partial charge is 0.497 e. The lowest BCUT2D eigenvalue weighted by atomic mass is 10.1. The first-order valence-electron chi connectivity index (χ1n) is 4.31. The molecule has 0 aromatic heterocycles. The molecule has 0 bridgehead atoms. The van der Waals surface area contributed by atoms with Crippen molar-refractivity contribution in [2.75, 3.05) is 13.7 Å². The van der Waals surface area contributed by atoms with Gasteiger partial charge in [0.05, 0.1) is 13.2 Å². The Kier molecular flexibility index (Phi) is 4.38. The fourth-order valence-corrected chi connectivity index (χ4v) is 1.69. The summed E-state index contributed by atoms with van der Waals surface area (Å²) in [5.41, 5.74) is 0.735. The fourth-order valence-electron chi connectivity index (χ4n) is 1.18. The summed E-state index contributed by atoms with van der Waals surface area (Å²) in [4.78, 5) is 0. The number of halogens is 1. The SMILES string of the molecule is COc1ccc(Br)c(C(O)CCO)c1. The van der Waals surface area contributed by atoms with E-state index in [2.05, 4.69) is 15.9 Å². The van der Waals surface area contributed by atoms with Gasteiger partial charge in [0, 0.05) is 17.5 Å². The molecule has 4 heteroatoms. The average molecular weight is 261 g/mol. The van der Waals surface area contributed by atoms with Crippen LogP contribution in [-0.4, -0.2) is 23.9 Å². The zero-order valence-electron chi connectivity index (χ0n) is 7.90. The molecule has 0 saturated heterocycles. The number of rotatable bonds is 4. The van der Waals surface area contributed by atoms with Gasteiger partial charge in [0.25, 0.3) is 0 Å². The molecule has 0 heterocycles. The zero-order chi connectivity index (χ0) is 10.6. The Morgan fingerprint density at radius 3 is 2.79 bits per heavy atom. The number of aliphatic hydroxyl groups is 2. The fraction of sp³-hybridized carbons (Fsp3) is 0.400. The van der Waals surface area contributed by atoms with E-state index < -0.39 is 6.10 Å². The van der Waals surface area contributed by atoms with E-state index in [1.165, 1.54) is 0 Å². The second-order valence-electron chi connectivity index (χ2n) is 2.92. The van der Waals surface area contributed by atoms with Crippen molar-refractivity contribution in [3.63, 3.8) is 0 Å². The summed E-state index contributed by atoms with van der Waals surface area (Å²) in [6, 6.07) is 5.37. The molecule has 0 saturated carbocycles. The Morgan fingerprint density at radius 2 is 2.21 bits per heavy atom. The van der Waals surface area contributed by atoms with E-state index in [0.717, 1.165) is 10.0 Å². The molecule has 14 heavy (non-hydrogen) atoms.